The molecule has 2 aromatic rings. The van der Waals surface area contributed by atoms with Crippen molar-refractivity contribution in [3.63, 3.8) is 0 Å². The van der Waals surface area contributed by atoms with E-state index < -0.39 is 0 Å². The van der Waals surface area contributed by atoms with Crippen LogP contribution in [0, 0.1) is 0 Å². The zero-order valence-corrected chi connectivity index (χ0v) is 12.7. The van der Waals surface area contributed by atoms with Crippen molar-refractivity contribution < 1.29 is 5.11 Å². The van der Waals surface area contributed by atoms with E-state index in [0.717, 1.165) is 34.0 Å². The lowest BCUT2D eigenvalue weighted by Crippen LogP contribution is -2.40. The Bertz CT molecular complexity index is 561. The molecule has 0 amide bonds. The first-order chi connectivity index (χ1) is 9.14. The summed E-state index contributed by atoms with van der Waals surface area (Å²) in [4.78, 5) is 8.73. The molecule has 0 atom stereocenters. The van der Waals surface area contributed by atoms with E-state index >= 15 is 0 Å². The van der Waals surface area contributed by atoms with Crippen LogP contribution < -0.4 is 5.32 Å². The van der Waals surface area contributed by atoms with Gasteiger partial charge in [-0.1, -0.05) is 13.8 Å². The minimum absolute atomic E-state index is 0.0976. The lowest BCUT2D eigenvalue weighted by Gasteiger charge is -2.32. The third-order valence-electron chi connectivity index (χ3n) is 3.60. The molecular formula is C14H18BrN3O. The summed E-state index contributed by atoms with van der Waals surface area (Å²) < 4.78 is 0.907. The van der Waals surface area contributed by atoms with Gasteiger partial charge in [0.05, 0.1) is 23.3 Å². The Morgan fingerprint density at radius 2 is 2.05 bits per heavy atom. The highest BCUT2D eigenvalue weighted by Gasteiger charge is 2.25. The van der Waals surface area contributed by atoms with Crippen LogP contribution in [0.4, 0.5) is 5.69 Å². The standard InChI is InChI=1S/C14H18BrN3O/c1-3-14(4-2,9-19)18-11-5-6-16-12-7-10(15)8-17-13(11)12/h5-8,19H,3-4,9H2,1-2H3,(H,16,18). The van der Waals surface area contributed by atoms with Gasteiger partial charge in [0, 0.05) is 16.9 Å². The van der Waals surface area contributed by atoms with Gasteiger partial charge in [0.2, 0.25) is 0 Å². The Morgan fingerprint density at radius 1 is 1.32 bits per heavy atom. The number of pyridine rings is 2. The highest BCUT2D eigenvalue weighted by molar-refractivity contribution is 9.10. The maximum atomic E-state index is 9.65. The van der Waals surface area contributed by atoms with E-state index in [0.29, 0.717) is 0 Å². The predicted octanol–water partition coefficient (Wildman–Crippen LogP) is 3.36. The number of rotatable bonds is 5. The van der Waals surface area contributed by atoms with Crippen molar-refractivity contribution in [3.8, 4) is 0 Å². The molecule has 0 aromatic carbocycles. The van der Waals surface area contributed by atoms with Crippen molar-refractivity contribution in [2.24, 2.45) is 0 Å². The van der Waals surface area contributed by atoms with Gasteiger partial charge in [0.25, 0.3) is 0 Å². The summed E-state index contributed by atoms with van der Waals surface area (Å²) in [6.07, 6.45) is 5.21. The Labute approximate surface area is 121 Å². The average Bonchev–Trinajstić information content (AvgIpc) is 2.44. The smallest absolute Gasteiger partial charge is 0.112 e. The molecule has 0 aliphatic carbocycles. The fourth-order valence-corrected chi connectivity index (χ4v) is 2.40. The number of nitrogens with one attached hydrogen (secondary N) is 1. The van der Waals surface area contributed by atoms with Crippen molar-refractivity contribution in [3.05, 3.63) is 29.0 Å². The molecule has 0 bridgehead atoms. The largest absolute Gasteiger partial charge is 0.394 e. The van der Waals surface area contributed by atoms with Gasteiger partial charge in [0.1, 0.15) is 5.52 Å². The van der Waals surface area contributed by atoms with Crippen LogP contribution in [0.3, 0.4) is 0 Å². The normalized spacial score (nSPS) is 11.8. The van der Waals surface area contributed by atoms with Crippen molar-refractivity contribution in [2.45, 2.75) is 32.2 Å². The van der Waals surface area contributed by atoms with Gasteiger partial charge in [0.15, 0.2) is 0 Å². The monoisotopic (exact) mass is 323 g/mol. The SMILES string of the molecule is CCC(CC)(CO)Nc1ccnc2cc(Br)cnc12. The van der Waals surface area contributed by atoms with E-state index in [2.05, 4.69) is 45.1 Å². The third-order valence-corrected chi connectivity index (χ3v) is 4.03. The molecule has 0 saturated carbocycles. The van der Waals surface area contributed by atoms with E-state index in [1.54, 1.807) is 12.4 Å². The van der Waals surface area contributed by atoms with Gasteiger partial charge in [-0.2, -0.15) is 0 Å². The summed E-state index contributed by atoms with van der Waals surface area (Å²) in [6, 6.07) is 3.84. The maximum absolute atomic E-state index is 9.65. The lowest BCUT2D eigenvalue weighted by molar-refractivity contribution is 0.202. The number of aliphatic hydroxyl groups is 1. The fraction of sp³-hybridized carbons (Fsp3) is 0.429. The second-order valence-electron chi connectivity index (χ2n) is 4.65. The Hall–Kier alpha value is -1.20. The second-order valence-corrected chi connectivity index (χ2v) is 5.57. The number of hydrogen-bond donors (Lipinski definition) is 2. The zero-order chi connectivity index (χ0) is 13.9. The molecule has 19 heavy (non-hydrogen) atoms. The highest BCUT2D eigenvalue weighted by atomic mass is 79.9. The van der Waals surface area contributed by atoms with Gasteiger partial charge in [-0.15, -0.1) is 0 Å². The van der Waals surface area contributed by atoms with Crippen LogP contribution in [0.2, 0.25) is 0 Å². The summed E-state index contributed by atoms with van der Waals surface area (Å²) in [6.45, 7) is 4.24. The summed E-state index contributed by atoms with van der Waals surface area (Å²) >= 11 is 3.40. The molecule has 0 radical (unpaired) electrons. The number of halogens is 1. The summed E-state index contributed by atoms with van der Waals surface area (Å²) in [5.41, 5.74) is 2.27. The Kier molecular flexibility index (Phi) is 4.37. The van der Waals surface area contributed by atoms with Crippen LogP contribution in [-0.4, -0.2) is 27.2 Å². The number of aliphatic hydroxyl groups excluding tert-OH is 1. The maximum Gasteiger partial charge on any atom is 0.112 e. The van der Waals surface area contributed by atoms with Gasteiger partial charge in [-0.25, -0.2) is 0 Å². The van der Waals surface area contributed by atoms with Crippen LogP contribution in [0.1, 0.15) is 26.7 Å². The van der Waals surface area contributed by atoms with Crippen LogP contribution in [0.5, 0.6) is 0 Å². The minimum atomic E-state index is -0.303. The molecule has 2 N–H and O–H groups in total. The third kappa shape index (κ3) is 2.87. The number of anilines is 1. The van der Waals surface area contributed by atoms with Crippen molar-refractivity contribution >= 4 is 32.7 Å². The van der Waals surface area contributed by atoms with Crippen LogP contribution >= 0.6 is 15.9 Å². The summed E-state index contributed by atoms with van der Waals surface area (Å²) in [7, 11) is 0. The van der Waals surface area contributed by atoms with Crippen LogP contribution in [0.25, 0.3) is 11.0 Å². The molecule has 0 aliphatic rings. The molecule has 0 unspecified atom stereocenters. The molecular weight excluding hydrogens is 306 g/mol. The molecule has 102 valence electrons. The quantitative estimate of drug-likeness (QED) is 0.885. The lowest BCUT2D eigenvalue weighted by atomic mass is 9.93. The topological polar surface area (TPSA) is 58.0 Å². The van der Waals surface area contributed by atoms with E-state index in [1.165, 1.54) is 0 Å². The average molecular weight is 324 g/mol. The number of fused-ring (bicyclic) bond motifs is 1. The predicted molar refractivity (Wildman–Crippen MR) is 81.3 cm³/mol. The van der Waals surface area contributed by atoms with Gasteiger partial charge in [-0.3, -0.25) is 9.97 Å². The molecule has 0 fully saturated rings. The summed E-state index contributed by atoms with van der Waals surface area (Å²) in [5.74, 6) is 0. The van der Waals surface area contributed by atoms with Crippen molar-refractivity contribution in [2.75, 3.05) is 11.9 Å². The van der Waals surface area contributed by atoms with Gasteiger partial charge in [-0.05, 0) is 40.9 Å². The van der Waals surface area contributed by atoms with E-state index in [4.69, 9.17) is 0 Å². The Balaban J connectivity index is 2.45. The van der Waals surface area contributed by atoms with Gasteiger partial charge >= 0.3 is 0 Å². The molecule has 2 heterocycles. The van der Waals surface area contributed by atoms with Gasteiger partial charge < -0.3 is 10.4 Å². The minimum Gasteiger partial charge on any atom is -0.394 e. The summed E-state index contributed by atoms with van der Waals surface area (Å²) in [5, 5.41) is 13.1. The second kappa shape index (κ2) is 5.84. The number of nitrogens with zero attached hydrogens (tertiary/aromatic N) is 2. The first-order valence-corrected chi connectivity index (χ1v) is 7.22. The van der Waals surface area contributed by atoms with E-state index in [1.807, 2.05) is 12.1 Å². The van der Waals surface area contributed by atoms with Crippen LogP contribution in [0.15, 0.2) is 29.0 Å². The molecule has 0 aliphatic heterocycles. The first-order valence-electron chi connectivity index (χ1n) is 6.43. The molecule has 5 heteroatoms. The molecule has 0 saturated heterocycles. The fourth-order valence-electron chi connectivity index (χ4n) is 2.08. The van der Waals surface area contributed by atoms with Crippen molar-refractivity contribution in [1.82, 2.24) is 9.97 Å². The zero-order valence-electron chi connectivity index (χ0n) is 11.2. The number of aromatic nitrogens is 2. The molecule has 0 spiro atoms. The highest BCUT2D eigenvalue weighted by Crippen LogP contribution is 2.27. The van der Waals surface area contributed by atoms with Crippen molar-refractivity contribution in [1.29, 1.82) is 0 Å². The van der Waals surface area contributed by atoms with Crippen LogP contribution in [-0.2, 0) is 0 Å². The molecule has 2 rings (SSSR count). The van der Waals surface area contributed by atoms with E-state index in [-0.39, 0.29) is 12.1 Å². The van der Waals surface area contributed by atoms with E-state index in [9.17, 15) is 5.11 Å². The number of hydrogen-bond acceptors (Lipinski definition) is 4. The molecule has 2 aromatic heterocycles. The Morgan fingerprint density at radius 3 is 2.68 bits per heavy atom. The first kappa shape index (κ1) is 14.2. The molecule has 4 nitrogen and oxygen atoms in total.